The molecule has 0 amide bonds. The van der Waals surface area contributed by atoms with E-state index in [9.17, 15) is 9.90 Å². The predicted octanol–water partition coefficient (Wildman–Crippen LogP) is 1.88. The molecule has 3 N–H and O–H groups in total. The normalized spacial score (nSPS) is 21.9. The molecule has 0 saturated carbocycles. The smallest absolute Gasteiger partial charge is 0.338 e. The molecule has 1 saturated heterocycles. The summed E-state index contributed by atoms with van der Waals surface area (Å²) in [5.74, 6) is -0.310. The minimum Gasteiger partial charge on any atom is -0.459 e. The van der Waals surface area contributed by atoms with Crippen LogP contribution in [0.5, 0.6) is 0 Å². The van der Waals surface area contributed by atoms with E-state index in [1.54, 1.807) is 16.7 Å². The van der Waals surface area contributed by atoms with Gasteiger partial charge in [-0.15, -0.1) is 0 Å². The third kappa shape index (κ3) is 3.51. The number of carbonyl (C=O) groups is 1. The Morgan fingerprint density at radius 3 is 2.89 bits per heavy atom. The van der Waals surface area contributed by atoms with Crippen molar-refractivity contribution >= 4 is 34.6 Å². The Kier molecular flexibility index (Phi) is 4.88. The molecule has 1 aliphatic heterocycles. The first-order valence-corrected chi connectivity index (χ1v) is 9.03. The van der Waals surface area contributed by atoms with Crippen molar-refractivity contribution in [2.45, 2.75) is 31.8 Å². The third-order valence-corrected chi connectivity index (χ3v) is 4.77. The Labute approximate surface area is 165 Å². The number of esters is 1. The summed E-state index contributed by atoms with van der Waals surface area (Å²) in [4.78, 5) is 24.3. The molecule has 10 heteroatoms. The number of benzene rings is 1. The molecule has 0 bridgehead atoms. The maximum Gasteiger partial charge on any atom is 0.338 e. The highest BCUT2D eigenvalue weighted by molar-refractivity contribution is 6.28. The lowest BCUT2D eigenvalue weighted by atomic mass is 10.1. The van der Waals surface area contributed by atoms with E-state index in [4.69, 9.17) is 26.8 Å². The summed E-state index contributed by atoms with van der Waals surface area (Å²) in [7, 11) is 0. The van der Waals surface area contributed by atoms with Crippen LogP contribution in [0.25, 0.3) is 11.2 Å². The number of nitrogen functional groups attached to an aromatic ring is 1. The second kappa shape index (κ2) is 7.34. The summed E-state index contributed by atoms with van der Waals surface area (Å²) in [5.41, 5.74) is 8.11. The summed E-state index contributed by atoms with van der Waals surface area (Å²) < 4.78 is 12.8. The fourth-order valence-corrected chi connectivity index (χ4v) is 3.26. The van der Waals surface area contributed by atoms with Crippen LogP contribution in [0, 0.1) is 6.92 Å². The monoisotopic (exact) mass is 403 g/mol. The molecular formula is C18H18ClN5O4. The van der Waals surface area contributed by atoms with Crippen LogP contribution in [-0.2, 0) is 9.47 Å². The summed E-state index contributed by atoms with van der Waals surface area (Å²) in [5, 5.41) is 10.3. The van der Waals surface area contributed by atoms with Gasteiger partial charge in [0, 0.05) is 6.42 Å². The van der Waals surface area contributed by atoms with Crippen molar-refractivity contribution in [3.05, 3.63) is 47.0 Å². The van der Waals surface area contributed by atoms with E-state index in [1.807, 2.05) is 19.1 Å². The zero-order chi connectivity index (χ0) is 19.8. The number of nitrogens with two attached hydrogens (primary N) is 1. The Hall–Kier alpha value is -2.75. The summed E-state index contributed by atoms with van der Waals surface area (Å²) in [6.07, 6.45) is -0.257. The van der Waals surface area contributed by atoms with Crippen molar-refractivity contribution in [1.29, 1.82) is 0 Å². The Balaban J connectivity index is 1.45. The van der Waals surface area contributed by atoms with Gasteiger partial charge in [-0.25, -0.2) is 9.78 Å². The molecule has 1 fully saturated rings. The summed E-state index contributed by atoms with van der Waals surface area (Å²) >= 11 is 5.88. The molecule has 0 spiro atoms. The van der Waals surface area contributed by atoms with Crippen LogP contribution in [0.3, 0.4) is 0 Å². The Bertz CT molecular complexity index is 1020. The molecule has 3 heterocycles. The first-order chi connectivity index (χ1) is 13.4. The van der Waals surface area contributed by atoms with Crippen LogP contribution in [0.2, 0.25) is 5.28 Å². The van der Waals surface area contributed by atoms with Crippen LogP contribution in [-0.4, -0.2) is 49.4 Å². The molecule has 3 aromatic rings. The zero-order valence-corrected chi connectivity index (χ0v) is 15.7. The highest BCUT2D eigenvalue weighted by atomic mass is 35.5. The number of anilines is 1. The number of aryl methyl sites for hydroxylation is 1. The fourth-order valence-electron chi connectivity index (χ4n) is 3.09. The lowest BCUT2D eigenvalue weighted by Crippen LogP contribution is -2.28. The largest absolute Gasteiger partial charge is 0.459 e. The molecule has 9 nitrogen and oxygen atoms in total. The summed E-state index contributed by atoms with van der Waals surface area (Å²) in [6, 6.07) is 7.04. The molecule has 1 aliphatic rings. The van der Waals surface area contributed by atoms with Gasteiger partial charge in [0.05, 0.1) is 18.0 Å². The SMILES string of the molecule is Cc1ccc(C(=O)OCC2OC(n3cnc4c(N)nc(Cl)nc43)CC2O)cc1. The maximum absolute atomic E-state index is 12.2. The van der Waals surface area contributed by atoms with Crippen LogP contribution in [0.1, 0.15) is 28.6 Å². The first-order valence-electron chi connectivity index (χ1n) is 8.65. The number of carbonyl (C=O) groups excluding carboxylic acids is 1. The Morgan fingerprint density at radius 2 is 2.14 bits per heavy atom. The van der Waals surface area contributed by atoms with Crippen LogP contribution >= 0.6 is 11.6 Å². The van der Waals surface area contributed by atoms with E-state index >= 15 is 0 Å². The van der Waals surface area contributed by atoms with Gasteiger partial charge in [0.15, 0.2) is 11.5 Å². The van der Waals surface area contributed by atoms with Gasteiger partial charge in [-0.2, -0.15) is 9.97 Å². The number of rotatable bonds is 4. The van der Waals surface area contributed by atoms with E-state index in [0.29, 0.717) is 16.7 Å². The van der Waals surface area contributed by atoms with E-state index in [1.165, 1.54) is 6.33 Å². The number of imidazole rings is 1. The first kappa shape index (κ1) is 18.6. The average molecular weight is 404 g/mol. The average Bonchev–Trinajstić information content (AvgIpc) is 3.23. The van der Waals surface area contributed by atoms with E-state index in [2.05, 4.69) is 15.0 Å². The quantitative estimate of drug-likeness (QED) is 0.499. The van der Waals surface area contributed by atoms with E-state index in [0.717, 1.165) is 5.56 Å². The number of ether oxygens (including phenoxy) is 2. The number of nitrogens with zero attached hydrogens (tertiary/aromatic N) is 4. The van der Waals surface area contributed by atoms with Crippen LogP contribution in [0.4, 0.5) is 5.82 Å². The fraction of sp³-hybridized carbons (Fsp3) is 0.333. The molecule has 2 aromatic heterocycles. The number of hydrogen-bond acceptors (Lipinski definition) is 8. The molecule has 3 atom stereocenters. The molecule has 1 aromatic carbocycles. The number of hydrogen-bond donors (Lipinski definition) is 2. The predicted molar refractivity (Wildman–Crippen MR) is 101 cm³/mol. The van der Waals surface area contributed by atoms with Gasteiger partial charge in [0.1, 0.15) is 24.5 Å². The highest BCUT2D eigenvalue weighted by Crippen LogP contribution is 2.32. The van der Waals surface area contributed by atoms with Gasteiger partial charge in [0.25, 0.3) is 0 Å². The summed E-state index contributed by atoms with van der Waals surface area (Å²) in [6.45, 7) is 1.86. The van der Waals surface area contributed by atoms with Crippen molar-refractivity contribution in [3.8, 4) is 0 Å². The van der Waals surface area contributed by atoms with Gasteiger partial charge < -0.3 is 20.3 Å². The molecule has 3 unspecified atom stereocenters. The van der Waals surface area contributed by atoms with Gasteiger partial charge in [-0.1, -0.05) is 17.7 Å². The molecule has 146 valence electrons. The van der Waals surface area contributed by atoms with Crippen LogP contribution in [0.15, 0.2) is 30.6 Å². The standard InChI is InChI=1S/C18H18ClN5O4/c1-9-2-4-10(5-3-9)17(26)27-7-12-11(25)6-13(28-12)24-8-21-14-15(20)22-18(19)23-16(14)24/h2-5,8,11-13,25H,6-7H2,1H3,(H2,20,22,23). The van der Waals surface area contributed by atoms with Gasteiger partial charge in [-0.05, 0) is 30.7 Å². The molecule has 4 rings (SSSR count). The minimum atomic E-state index is -0.817. The van der Waals surface area contributed by atoms with Crippen molar-refractivity contribution in [1.82, 2.24) is 19.5 Å². The number of aliphatic hydroxyl groups excluding tert-OH is 1. The molecule has 28 heavy (non-hydrogen) atoms. The van der Waals surface area contributed by atoms with Gasteiger partial charge >= 0.3 is 5.97 Å². The topological polar surface area (TPSA) is 125 Å². The maximum atomic E-state index is 12.2. The van der Waals surface area contributed by atoms with Gasteiger partial charge in [0.2, 0.25) is 5.28 Å². The molecular weight excluding hydrogens is 386 g/mol. The van der Waals surface area contributed by atoms with Crippen molar-refractivity contribution in [2.75, 3.05) is 12.3 Å². The van der Waals surface area contributed by atoms with E-state index < -0.39 is 24.4 Å². The number of aliphatic hydroxyl groups is 1. The minimum absolute atomic E-state index is 0.00567. The second-order valence-electron chi connectivity index (χ2n) is 6.60. The van der Waals surface area contributed by atoms with Crippen molar-refractivity contribution < 1.29 is 19.4 Å². The lowest BCUT2D eigenvalue weighted by Gasteiger charge is -2.16. The van der Waals surface area contributed by atoms with Crippen LogP contribution < -0.4 is 5.73 Å². The highest BCUT2D eigenvalue weighted by Gasteiger charge is 2.37. The second-order valence-corrected chi connectivity index (χ2v) is 6.94. The van der Waals surface area contributed by atoms with Crippen molar-refractivity contribution in [2.24, 2.45) is 0 Å². The lowest BCUT2D eigenvalue weighted by molar-refractivity contribution is -0.0509. The Morgan fingerprint density at radius 1 is 1.39 bits per heavy atom. The number of fused-ring (bicyclic) bond motifs is 1. The molecule has 0 aliphatic carbocycles. The van der Waals surface area contributed by atoms with E-state index in [-0.39, 0.29) is 24.1 Å². The van der Waals surface area contributed by atoms with Crippen molar-refractivity contribution in [3.63, 3.8) is 0 Å². The number of aromatic nitrogens is 4. The molecule has 0 radical (unpaired) electrons. The number of halogens is 1. The van der Waals surface area contributed by atoms with Gasteiger partial charge in [-0.3, -0.25) is 4.57 Å². The zero-order valence-electron chi connectivity index (χ0n) is 14.9. The third-order valence-electron chi connectivity index (χ3n) is 4.60.